The van der Waals surface area contributed by atoms with E-state index in [1.807, 2.05) is 0 Å². The first kappa shape index (κ1) is 19.8. The summed E-state index contributed by atoms with van der Waals surface area (Å²) < 4.78 is 39.2. The van der Waals surface area contributed by atoms with Gasteiger partial charge in [0.15, 0.2) is 5.96 Å². The van der Waals surface area contributed by atoms with E-state index in [0.717, 1.165) is 19.3 Å². The molecule has 2 fully saturated rings. The molecule has 3 rings (SSSR count). The molecule has 2 heterocycles. The normalized spacial score (nSPS) is 22.7. The summed E-state index contributed by atoms with van der Waals surface area (Å²) in [5, 5.41) is 6.68. The predicted octanol–water partition coefficient (Wildman–Crippen LogP) is 1.90. The minimum atomic E-state index is -0.528. The highest BCUT2D eigenvalue weighted by Gasteiger charge is 2.33. The Labute approximate surface area is 158 Å². The molecule has 0 radical (unpaired) electrons. The highest BCUT2D eigenvalue weighted by atomic mass is 19.1. The van der Waals surface area contributed by atoms with Gasteiger partial charge in [-0.15, -0.1) is 0 Å². The summed E-state index contributed by atoms with van der Waals surface area (Å²) in [5.41, 5.74) is -0.210. The first-order chi connectivity index (χ1) is 13.1. The standard InChI is InChI=1S/C19H28F2N4O2/c1-22-18(23-13-19(26-2)7-10-27-11-8-19)24-14-6-9-25(12-14)17-15(20)4-3-5-16(17)21/h3-5,14H,6-13H2,1-2H3,(H2,22,23,24). The van der Waals surface area contributed by atoms with Gasteiger partial charge in [0.05, 0.1) is 5.60 Å². The molecule has 2 saturated heterocycles. The minimum absolute atomic E-state index is 0.0466. The molecule has 0 aromatic heterocycles. The third-order valence-corrected chi connectivity index (χ3v) is 5.42. The Hall–Kier alpha value is -1.93. The minimum Gasteiger partial charge on any atom is -0.381 e. The number of para-hydroxylation sites is 1. The van der Waals surface area contributed by atoms with Crippen molar-refractivity contribution in [2.24, 2.45) is 4.99 Å². The van der Waals surface area contributed by atoms with E-state index in [1.54, 1.807) is 19.1 Å². The van der Waals surface area contributed by atoms with Crippen LogP contribution in [0.2, 0.25) is 0 Å². The Morgan fingerprint density at radius 3 is 2.67 bits per heavy atom. The Bertz CT molecular complexity index is 645. The molecule has 8 heteroatoms. The van der Waals surface area contributed by atoms with Gasteiger partial charge in [-0.1, -0.05) is 6.07 Å². The van der Waals surface area contributed by atoms with Crippen LogP contribution in [0.4, 0.5) is 14.5 Å². The van der Waals surface area contributed by atoms with Gasteiger partial charge in [-0.05, 0) is 18.6 Å². The number of hydrogen-bond donors (Lipinski definition) is 2. The largest absolute Gasteiger partial charge is 0.381 e. The number of methoxy groups -OCH3 is 1. The summed E-state index contributed by atoms with van der Waals surface area (Å²) >= 11 is 0. The van der Waals surface area contributed by atoms with Crippen molar-refractivity contribution in [3.63, 3.8) is 0 Å². The van der Waals surface area contributed by atoms with Crippen molar-refractivity contribution in [1.29, 1.82) is 0 Å². The monoisotopic (exact) mass is 382 g/mol. The summed E-state index contributed by atoms with van der Waals surface area (Å²) in [4.78, 5) is 6.02. The number of nitrogens with zero attached hydrogens (tertiary/aromatic N) is 2. The van der Waals surface area contributed by atoms with Crippen molar-refractivity contribution in [3.8, 4) is 0 Å². The number of nitrogens with one attached hydrogen (secondary N) is 2. The lowest BCUT2D eigenvalue weighted by Crippen LogP contribution is -2.52. The molecular weight excluding hydrogens is 354 g/mol. The summed E-state index contributed by atoms with van der Waals surface area (Å²) in [7, 11) is 3.43. The molecule has 1 aromatic carbocycles. The maximum absolute atomic E-state index is 14.0. The van der Waals surface area contributed by atoms with E-state index in [0.29, 0.717) is 38.8 Å². The Kier molecular flexibility index (Phi) is 6.49. The van der Waals surface area contributed by atoms with Crippen molar-refractivity contribution in [2.75, 3.05) is 51.9 Å². The van der Waals surface area contributed by atoms with E-state index in [4.69, 9.17) is 9.47 Å². The zero-order chi connectivity index (χ0) is 19.3. The molecule has 0 bridgehead atoms. The van der Waals surface area contributed by atoms with Gasteiger partial charge in [-0.2, -0.15) is 0 Å². The zero-order valence-electron chi connectivity index (χ0n) is 15.9. The molecule has 1 aromatic rings. The highest BCUT2D eigenvalue weighted by Crippen LogP contribution is 2.27. The molecule has 6 nitrogen and oxygen atoms in total. The predicted molar refractivity (Wildman–Crippen MR) is 101 cm³/mol. The Morgan fingerprint density at radius 2 is 2.04 bits per heavy atom. The van der Waals surface area contributed by atoms with Crippen molar-refractivity contribution in [3.05, 3.63) is 29.8 Å². The molecule has 0 spiro atoms. The molecule has 0 amide bonds. The van der Waals surface area contributed by atoms with Crippen LogP contribution in [-0.2, 0) is 9.47 Å². The number of aliphatic imine (C=N–C) groups is 1. The number of halogens is 2. The number of ether oxygens (including phenoxy) is 2. The van der Waals surface area contributed by atoms with Crippen molar-refractivity contribution in [2.45, 2.75) is 30.9 Å². The van der Waals surface area contributed by atoms with Gasteiger partial charge >= 0.3 is 0 Å². The number of anilines is 1. The van der Waals surface area contributed by atoms with E-state index < -0.39 is 11.6 Å². The van der Waals surface area contributed by atoms with Crippen LogP contribution < -0.4 is 15.5 Å². The summed E-state index contributed by atoms with van der Waals surface area (Å²) in [5.74, 6) is -0.391. The average molecular weight is 382 g/mol. The maximum Gasteiger partial charge on any atom is 0.191 e. The number of rotatable bonds is 5. The van der Waals surface area contributed by atoms with Gasteiger partial charge in [-0.3, -0.25) is 4.99 Å². The van der Waals surface area contributed by atoms with E-state index in [-0.39, 0.29) is 17.3 Å². The van der Waals surface area contributed by atoms with E-state index >= 15 is 0 Å². The first-order valence-electron chi connectivity index (χ1n) is 9.36. The van der Waals surface area contributed by atoms with Crippen LogP contribution in [0.5, 0.6) is 0 Å². The third kappa shape index (κ3) is 4.68. The number of guanidine groups is 1. The van der Waals surface area contributed by atoms with Gasteiger partial charge < -0.3 is 25.0 Å². The molecule has 2 aliphatic heterocycles. The molecule has 2 aliphatic rings. The molecule has 1 atom stereocenters. The lowest BCUT2D eigenvalue weighted by Gasteiger charge is -2.36. The number of benzene rings is 1. The van der Waals surface area contributed by atoms with Gasteiger partial charge in [-0.25, -0.2) is 8.78 Å². The van der Waals surface area contributed by atoms with Gasteiger partial charge in [0.2, 0.25) is 0 Å². The van der Waals surface area contributed by atoms with Gasteiger partial charge in [0, 0.05) is 65.9 Å². The fourth-order valence-corrected chi connectivity index (χ4v) is 3.70. The SMILES string of the molecule is CN=C(NCC1(OC)CCOCC1)NC1CCN(c2c(F)cccc2F)C1. The molecule has 27 heavy (non-hydrogen) atoms. The zero-order valence-corrected chi connectivity index (χ0v) is 15.9. The van der Waals surface area contributed by atoms with Crippen LogP contribution in [-0.4, -0.2) is 64.6 Å². The van der Waals surface area contributed by atoms with Crippen LogP contribution in [0.15, 0.2) is 23.2 Å². The molecule has 0 aliphatic carbocycles. The second kappa shape index (κ2) is 8.84. The van der Waals surface area contributed by atoms with Crippen LogP contribution in [0, 0.1) is 11.6 Å². The molecule has 1 unspecified atom stereocenters. The Balaban J connectivity index is 1.55. The highest BCUT2D eigenvalue weighted by molar-refractivity contribution is 5.80. The van der Waals surface area contributed by atoms with E-state index in [1.165, 1.54) is 18.2 Å². The van der Waals surface area contributed by atoms with Gasteiger partial charge in [0.25, 0.3) is 0 Å². The average Bonchev–Trinajstić information content (AvgIpc) is 3.13. The maximum atomic E-state index is 14.0. The molecule has 150 valence electrons. The van der Waals surface area contributed by atoms with Crippen LogP contribution in [0.25, 0.3) is 0 Å². The topological polar surface area (TPSA) is 58.1 Å². The lowest BCUT2D eigenvalue weighted by molar-refractivity contribution is -0.0855. The molecule has 2 N–H and O–H groups in total. The molecular formula is C19H28F2N4O2. The van der Waals surface area contributed by atoms with Crippen LogP contribution >= 0.6 is 0 Å². The summed E-state index contributed by atoms with van der Waals surface area (Å²) in [6.07, 6.45) is 2.44. The number of hydrogen-bond acceptors (Lipinski definition) is 4. The quantitative estimate of drug-likeness (QED) is 0.602. The first-order valence-corrected chi connectivity index (χ1v) is 9.36. The van der Waals surface area contributed by atoms with Crippen molar-refractivity contribution >= 4 is 11.6 Å². The second-order valence-corrected chi connectivity index (χ2v) is 7.07. The summed E-state index contributed by atoms with van der Waals surface area (Å²) in [6, 6.07) is 4.02. The van der Waals surface area contributed by atoms with Crippen molar-refractivity contribution in [1.82, 2.24) is 10.6 Å². The fourth-order valence-electron chi connectivity index (χ4n) is 3.70. The summed E-state index contributed by atoms with van der Waals surface area (Å²) in [6.45, 7) is 3.11. The van der Waals surface area contributed by atoms with E-state index in [9.17, 15) is 8.78 Å². The van der Waals surface area contributed by atoms with Gasteiger partial charge in [0.1, 0.15) is 17.3 Å². The van der Waals surface area contributed by atoms with Crippen molar-refractivity contribution < 1.29 is 18.3 Å². The van der Waals surface area contributed by atoms with E-state index in [2.05, 4.69) is 15.6 Å². The van der Waals surface area contributed by atoms with Crippen LogP contribution in [0.1, 0.15) is 19.3 Å². The lowest BCUT2D eigenvalue weighted by atomic mass is 9.94. The smallest absolute Gasteiger partial charge is 0.191 e. The molecule has 0 saturated carbocycles. The second-order valence-electron chi connectivity index (χ2n) is 7.07. The third-order valence-electron chi connectivity index (χ3n) is 5.42. The Morgan fingerprint density at radius 1 is 1.33 bits per heavy atom. The van der Waals surface area contributed by atoms with Crippen LogP contribution in [0.3, 0.4) is 0 Å². The fraction of sp³-hybridized carbons (Fsp3) is 0.632.